The summed E-state index contributed by atoms with van der Waals surface area (Å²) in [6, 6.07) is 2.88. The molecule has 0 saturated heterocycles. The molecule has 120 valence electrons. The number of nitrogens with one attached hydrogen (secondary N) is 1. The minimum atomic E-state index is 0.765. The fourth-order valence-electron chi connectivity index (χ4n) is 3.19. The summed E-state index contributed by atoms with van der Waals surface area (Å²) < 4.78 is 5.78. The SMILES string of the molecule is CCNCc1ccoc1CN(CCC(C)C)C1CCCC1. The maximum Gasteiger partial charge on any atom is 0.122 e. The summed E-state index contributed by atoms with van der Waals surface area (Å²) in [5, 5.41) is 3.41. The minimum absolute atomic E-state index is 0.765. The molecule has 1 heterocycles. The average Bonchev–Trinajstić information content (AvgIpc) is 3.12. The van der Waals surface area contributed by atoms with Crippen LogP contribution in [0, 0.1) is 5.92 Å². The smallest absolute Gasteiger partial charge is 0.122 e. The van der Waals surface area contributed by atoms with E-state index in [4.69, 9.17) is 4.42 Å². The van der Waals surface area contributed by atoms with Crippen molar-refractivity contribution in [2.24, 2.45) is 5.92 Å². The van der Waals surface area contributed by atoms with Crippen LogP contribution in [0.15, 0.2) is 16.7 Å². The zero-order valence-corrected chi connectivity index (χ0v) is 14.0. The Hall–Kier alpha value is -0.800. The summed E-state index contributed by atoms with van der Waals surface area (Å²) in [6.45, 7) is 10.9. The topological polar surface area (TPSA) is 28.4 Å². The van der Waals surface area contributed by atoms with Gasteiger partial charge in [-0.25, -0.2) is 0 Å². The third-order valence-electron chi connectivity index (χ3n) is 4.58. The Balaban J connectivity index is 1.98. The Morgan fingerprint density at radius 3 is 2.76 bits per heavy atom. The van der Waals surface area contributed by atoms with Gasteiger partial charge >= 0.3 is 0 Å². The highest BCUT2D eigenvalue weighted by Gasteiger charge is 2.24. The Bertz CT molecular complexity index is 394. The van der Waals surface area contributed by atoms with E-state index in [1.165, 1.54) is 44.2 Å². The van der Waals surface area contributed by atoms with E-state index in [0.717, 1.165) is 37.4 Å². The molecule has 0 unspecified atom stereocenters. The van der Waals surface area contributed by atoms with Gasteiger partial charge < -0.3 is 9.73 Å². The van der Waals surface area contributed by atoms with Crippen molar-refractivity contribution in [3.05, 3.63) is 23.7 Å². The van der Waals surface area contributed by atoms with E-state index in [0.29, 0.717) is 0 Å². The van der Waals surface area contributed by atoms with Crippen LogP contribution in [0.3, 0.4) is 0 Å². The van der Waals surface area contributed by atoms with Crippen LogP contribution in [0.1, 0.15) is 64.2 Å². The molecule has 3 nitrogen and oxygen atoms in total. The number of hydrogen-bond acceptors (Lipinski definition) is 3. The Morgan fingerprint density at radius 2 is 2.10 bits per heavy atom. The van der Waals surface area contributed by atoms with Crippen LogP contribution in [-0.4, -0.2) is 24.0 Å². The molecule has 1 aromatic heterocycles. The van der Waals surface area contributed by atoms with Crippen molar-refractivity contribution < 1.29 is 4.42 Å². The number of furan rings is 1. The molecule has 21 heavy (non-hydrogen) atoms. The van der Waals surface area contributed by atoms with Crippen molar-refractivity contribution in [3.63, 3.8) is 0 Å². The third kappa shape index (κ3) is 5.15. The highest BCUT2D eigenvalue weighted by atomic mass is 16.3. The quantitative estimate of drug-likeness (QED) is 0.740. The molecular formula is C18H32N2O. The largest absolute Gasteiger partial charge is 0.468 e. The molecular weight excluding hydrogens is 260 g/mol. The van der Waals surface area contributed by atoms with Crippen LogP contribution in [0.5, 0.6) is 0 Å². The van der Waals surface area contributed by atoms with Crippen molar-refractivity contribution in [2.45, 2.75) is 72.0 Å². The molecule has 0 radical (unpaired) electrons. The van der Waals surface area contributed by atoms with E-state index in [9.17, 15) is 0 Å². The first-order valence-corrected chi connectivity index (χ1v) is 8.70. The van der Waals surface area contributed by atoms with Gasteiger partial charge in [0.05, 0.1) is 12.8 Å². The normalized spacial score (nSPS) is 16.4. The van der Waals surface area contributed by atoms with Crippen molar-refractivity contribution >= 4 is 0 Å². The average molecular weight is 292 g/mol. The summed E-state index contributed by atoms with van der Waals surface area (Å²) in [4.78, 5) is 2.67. The summed E-state index contributed by atoms with van der Waals surface area (Å²) in [7, 11) is 0. The van der Waals surface area contributed by atoms with Crippen LogP contribution in [-0.2, 0) is 13.1 Å². The van der Waals surface area contributed by atoms with Crippen LogP contribution in [0.25, 0.3) is 0 Å². The molecule has 1 aromatic rings. The van der Waals surface area contributed by atoms with E-state index in [1.807, 2.05) is 6.26 Å². The standard InChI is InChI=1S/C18H32N2O/c1-4-19-13-16-10-12-21-18(16)14-20(11-9-15(2)3)17-7-5-6-8-17/h10,12,15,17,19H,4-9,11,13-14H2,1-3H3. The summed E-state index contributed by atoms with van der Waals surface area (Å²) >= 11 is 0. The zero-order valence-electron chi connectivity index (χ0n) is 14.0. The maximum absolute atomic E-state index is 5.78. The lowest BCUT2D eigenvalue weighted by Gasteiger charge is -2.29. The van der Waals surface area contributed by atoms with Gasteiger partial charge in [-0.15, -0.1) is 0 Å². The van der Waals surface area contributed by atoms with Gasteiger partial charge in [-0.1, -0.05) is 33.6 Å². The van der Waals surface area contributed by atoms with E-state index in [-0.39, 0.29) is 0 Å². The molecule has 1 aliphatic rings. The van der Waals surface area contributed by atoms with Crippen molar-refractivity contribution in [1.82, 2.24) is 10.2 Å². The molecule has 3 heteroatoms. The van der Waals surface area contributed by atoms with Crippen LogP contribution in [0.4, 0.5) is 0 Å². The second kappa shape index (κ2) is 8.60. The second-order valence-corrected chi connectivity index (χ2v) is 6.74. The molecule has 0 amide bonds. The molecule has 0 aliphatic heterocycles. The summed E-state index contributed by atoms with van der Waals surface area (Å²) in [5.41, 5.74) is 1.32. The number of hydrogen-bond donors (Lipinski definition) is 1. The molecule has 1 N–H and O–H groups in total. The highest BCUT2D eigenvalue weighted by Crippen LogP contribution is 2.26. The van der Waals surface area contributed by atoms with Gasteiger partial charge in [0.25, 0.3) is 0 Å². The van der Waals surface area contributed by atoms with Gasteiger partial charge in [0.1, 0.15) is 5.76 Å². The van der Waals surface area contributed by atoms with Gasteiger partial charge in [0, 0.05) is 18.2 Å². The lowest BCUT2D eigenvalue weighted by atomic mass is 10.1. The number of nitrogens with zero attached hydrogens (tertiary/aromatic N) is 1. The predicted octanol–water partition coefficient (Wildman–Crippen LogP) is 4.18. The van der Waals surface area contributed by atoms with Gasteiger partial charge in [-0.05, 0) is 44.3 Å². The lowest BCUT2D eigenvalue weighted by molar-refractivity contribution is 0.166. The van der Waals surface area contributed by atoms with E-state index in [2.05, 4.69) is 37.1 Å². The van der Waals surface area contributed by atoms with E-state index in [1.54, 1.807) is 0 Å². The molecule has 0 aromatic carbocycles. The molecule has 0 bridgehead atoms. The Morgan fingerprint density at radius 1 is 1.33 bits per heavy atom. The van der Waals surface area contributed by atoms with E-state index >= 15 is 0 Å². The Labute approximate surface area is 130 Å². The van der Waals surface area contributed by atoms with Gasteiger partial charge in [-0.3, -0.25) is 4.90 Å². The molecule has 1 fully saturated rings. The fourth-order valence-corrected chi connectivity index (χ4v) is 3.19. The van der Waals surface area contributed by atoms with Gasteiger partial charge in [-0.2, -0.15) is 0 Å². The first-order chi connectivity index (χ1) is 10.2. The minimum Gasteiger partial charge on any atom is -0.468 e. The molecule has 1 aliphatic carbocycles. The van der Waals surface area contributed by atoms with Crippen LogP contribution in [0.2, 0.25) is 0 Å². The van der Waals surface area contributed by atoms with Gasteiger partial charge in [0.15, 0.2) is 0 Å². The molecule has 0 spiro atoms. The lowest BCUT2D eigenvalue weighted by Crippen LogP contribution is -2.34. The van der Waals surface area contributed by atoms with Crippen LogP contribution < -0.4 is 5.32 Å². The maximum atomic E-state index is 5.78. The van der Waals surface area contributed by atoms with Crippen LogP contribution >= 0.6 is 0 Å². The number of rotatable bonds is 9. The third-order valence-corrected chi connectivity index (χ3v) is 4.58. The first kappa shape index (κ1) is 16.6. The predicted molar refractivity (Wildman–Crippen MR) is 88.2 cm³/mol. The molecule has 2 rings (SSSR count). The van der Waals surface area contributed by atoms with Crippen molar-refractivity contribution in [2.75, 3.05) is 13.1 Å². The second-order valence-electron chi connectivity index (χ2n) is 6.74. The van der Waals surface area contributed by atoms with Crippen molar-refractivity contribution in [1.29, 1.82) is 0 Å². The van der Waals surface area contributed by atoms with E-state index < -0.39 is 0 Å². The van der Waals surface area contributed by atoms with Crippen molar-refractivity contribution in [3.8, 4) is 0 Å². The first-order valence-electron chi connectivity index (χ1n) is 8.70. The summed E-state index contributed by atoms with van der Waals surface area (Å²) in [6.07, 6.45) is 8.64. The Kier molecular flexibility index (Phi) is 6.78. The highest BCUT2D eigenvalue weighted by molar-refractivity contribution is 5.17. The monoisotopic (exact) mass is 292 g/mol. The molecule has 1 saturated carbocycles. The fraction of sp³-hybridized carbons (Fsp3) is 0.778. The summed E-state index contributed by atoms with van der Waals surface area (Å²) in [5.74, 6) is 1.93. The van der Waals surface area contributed by atoms with Gasteiger partial charge in [0.2, 0.25) is 0 Å². The zero-order chi connectivity index (χ0) is 15.1. The molecule has 0 atom stereocenters.